The summed E-state index contributed by atoms with van der Waals surface area (Å²) in [5.74, 6) is 0.746. The van der Waals surface area contributed by atoms with Crippen LogP contribution in [0, 0.1) is 0 Å². The summed E-state index contributed by atoms with van der Waals surface area (Å²) in [4.78, 5) is 23.0. The van der Waals surface area contributed by atoms with Crippen molar-refractivity contribution in [3.63, 3.8) is 0 Å². The molecule has 0 amide bonds. The molecule has 0 saturated heterocycles. The number of ether oxygens (including phenoxy) is 1. The monoisotopic (exact) mass is 394 g/mol. The van der Waals surface area contributed by atoms with Crippen LogP contribution in [0.15, 0.2) is 47.7 Å². The van der Waals surface area contributed by atoms with E-state index in [-0.39, 0.29) is 5.56 Å². The first-order valence-electron chi connectivity index (χ1n) is 9.40. The highest BCUT2D eigenvalue weighted by molar-refractivity contribution is 7.25. The predicted octanol–water partition coefficient (Wildman–Crippen LogP) is 4.61. The van der Waals surface area contributed by atoms with Gasteiger partial charge in [0.1, 0.15) is 21.6 Å². The first kappa shape index (κ1) is 18.4. The van der Waals surface area contributed by atoms with Gasteiger partial charge in [0.05, 0.1) is 23.7 Å². The van der Waals surface area contributed by atoms with Crippen molar-refractivity contribution in [3.8, 4) is 11.4 Å². The number of fused-ring (bicyclic) bond motifs is 3. The lowest BCUT2D eigenvalue weighted by molar-refractivity contribution is 0.414. The van der Waals surface area contributed by atoms with Crippen LogP contribution in [0.1, 0.15) is 26.2 Å². The summed E-state index contributed by atoms with van der Waals surface area (Å²) in [7, 11) is 1.62. The number of unbranched alkanes of at least 4 members (excludes halogenated alkanes) is 2. The Labute approximate surface area is 166 Å². The fourth-order valence-electron chi connectivity index (χ4n) is 3.22. The van der Waals surface area contributed by atoms with Gasteiger partial charge in [-0.05, 0) is 36.8 Å². The van der Waals surface area contributed by atoms with Crippen LogP contribution in [0.3, 0.4) is 0 Å². The first-order chi connectivity index (χ1) is 13.7. The Balaban J connectivity index is 1.78. The lowest BCUT2D eigenvalue weighted by atomic mass is 10.2. The van der Waals surface area contributed by atoms with Crippen molar-refractivity contribution in [3.05, 3.63) is 53.2 Å². The highest BCUT2D eigenvalue weighted by Gasteiger charge is 2.16. The number of aromatic nitrogens is 3. The Morgan fingerprint density at radius 3 is 2.71 bits per heavy atom. The van der Waals surface area contributed by atoms with Crippen molar-refractivity contribution in [2.45, 2.75) is 26.2 Å². The summed E-state index contributed by atoms with van der Waals surface area (Å²) in [6.45, 7) is 3.09. The van der Waals surface area contributed by atoms with Gasteiger partial charge in [-0.25, -0.2) is 9.97 Å². The van der Waals surface area contributed by atoms with Gasteiger partial charge in [-0.2, -0.15) is 0 Å². The fraction of sp³-hybridized carbons (Fsp3) is 0.286. The van der Waals surface area contributed by atoms with E-state index in [0.29, 0.717) is 10.2 Å². The summed E-state index contributed by atoms with van der Waals surface area (Å²) >= 11 is 1.39. The van der Waals surface area contributed by atoms with Crippen molar-refractivity contribution in [2.24, 2.45) is 0 Å². The maximum Gasteiger partial charge on any atom is 0.275 e. The minimum Gasteiger partial charge on any atom is -0.497 e. The molecule has 4 aromatic rings. The topological polar surface area (TPSA) is 69.0 Å². The number of pyridine rings is 1. The van der Waals surface area contributed by atoms with Gasteiger partial charge in [-0.3, -0.25) is 9.36 Å². The zero-order valence-electron chi connectivity index (χ0n) is 15.9. The Morgan fingerprint density at radius 2 is 1.96 bits per heavy atom. The molecule has 3 aromatic heterocycles. The van der Waals surface area contributed by atoms with E-state index in [2.05, 4.69) is 22.2 Å². The van der Waals surface area contributed by atoms with Crippen LogP contribution in [0.2, 0.25) is 0 Å². The average molecular weight is 395 g/mol. The minimum absolute atomic E-state index is 0.0879. The Morgan fingerprint density at radius 1 is 1.14 bits per heavy atom. The zero-order valence-corrected chi connectivity index (χ0v) is 16.8. The molecule has 4 rings (SSSR count). The van der Waals surface area contributed by atoms with Gasteiger partial charge in [0.15, 0.2) is 0 Å². The predicted molar refractivity (Wildman–Crippen MR) is 115 cm³/mol. The van der Waals surface area contributed by atoms with Crippen LogP contribution in [0.25, 0.3) is 26.1 Å². The summed E-state index contributed by atoms with van der Waals surface area (Å²) in [6, 6.07) is 9.31. The van der Waals surface area contributed by atoms with Crippen LogP contribution in [-0.4, -0.2) is 28.2 Å². The van der Waals surface area contributed by atoms with Crippen molar-refractivity contribution in [1.29, 1.82) is 0 Å². The largest absolute Gasteiger partial charge is 0.497 e. The molecule has 0 aliphatic heterocycles. The van der Waals surface area contributed by atoms with Crippen LogP contribution in [-0.2, 0) is 0 Å². The van der Waals surface area contributed by atoms with E-state index in [9.17, 15) is 4.79 Å². The molecule has 7 heteroatoms. The fourth-order valence-corrected chi connectivity index (χ4v) is 4.28. The molecule has 144 valence electrons. The van der Waals surface area contributed by atoms with E-state index < -0.39 is 0 Å². The summed E-state index contributed by atoms with van der Waals surface area (Å²) < 4.78 is 7.37. The molecule has 0 saturated carbocycles. The smallest absolute Gasteiger partial charge is 0.275 e. The maximum absolute atomic E-state index is 13.1. The standard InChI is InChI=1S/C21H22N4O2S/c1-3-4-5-11-22-16-10-12-23-20-17(16)18-19(28-20)21(26)25(13-24-18)14-6-8-15(27-2)9-7-14/h6-10,12-13H,3-5,11H2,1-2H3,(H,22,23). The Hall–Kier alpha value is -2.93. The third-order valence-electron chi connectivity index (χ3n) is 4.73. The molecule has 6 nitrogen and oxygen atoms in total. The maximum atomic E-state index is 13.1. The van der Waals surface area contributed by atoms with E-state index in [0.717, 1.165) is 40.3 Å². The van der Waals surface area contributed by atoms with E-state index in [1.54, 1.807) is 24.2 Å². The highest BCUT2D eigenvalue weighted by Crippen LogP contribution is 2.34. The molecule has 0 unspecified atom stereocenters. The molecule has 28 heavy (non-hydrogen) atoms. The van der Waals surface area contributed by atoms with Gasteiger partial charge < -0.3 is 10.1 Å². The van der Waals surface area contributed by atoms with Gasteiger partial charge in [0.25, 0.3) is 5.56 Å². The van der Waals surface area contributed by atoms with Crippen LogP contribution >= 0.6 is 11.3 Å². The number of hydrogen-bond donors (Lipinski definition) is 1. The van der Waals surface area contributed by atoms with Crippen LogP contribution < -0.4 is 15.6 Å². The van der Waals surface area contributed by atoms with E-state index in [1.165, 1.54) is 24.2 Å². The lowest BCUT2D eigenvalue weighted by Gasteiger charge is -2.08. The molecule has 0 fully saturated rings. The number of nitrogens with one attached hydrogen (secondary N) is 1. The van der Waals surface area contributed by atoms with E-state index >= 15 is 0 Å². The highest BCUT2D eigenvalue weighted by atomic mass is 32.1. The Bertz CT molecular complexity index is 1160. The summed E-state index contributed by atoms with van der Waals surface area (Å²) in [6.07, 6.45) is 6.85. The normalized spacial score (nSPS) is 11.2. The second kappa shape index (κ2) is 7.98. The number of rotatable bonds is 7. The van der Waals surface area contributed by atoms with Gasteiger partial charge in [-0.1, -0.05) is 19.8 Å². The van der Waals surface area contributed by atoms with Crippen molar-refractivity contribution >= 4 is 37.5 Å². The van der Waals surface area contributed by atoms with Gasteiger partial charge in [0, 0.05) is 18.4 Å². The third kappa shape index (κ3) is 3.33. The third-order valence-corrected chi connectivity index (χ3v) is 5.80. The number of thiophene rings is 1. The first-order valence-corrected chi connectivity index (χ1v) is 10.2. The Kier molecular flexibility index (Phi) is 5.25. The second-order valence-electron chi connectivity index (χ2n) is 6.57. The molecule has 1 N–H and O–H groups in total. The van der Waals surface area contributed by atoms with Gasteiger partial charge in [-0.15, -0.1) is 11.3 Å². The van der Waals surface area contributed by atoms with Crippen LogP contribution in [0.5, 0.6) is 5.75 Å². The number of hydrogen-bond acceptors (Lipinski definition) is 6. The zero-order chi connectivity index (χ0) is 19.5. The number of nitrogens with zero attached hydrogens (tertiary/aromatic N) is 3. The second-order valence-corrected chi connectivity index (χ2v) is 7.57. The van der Waals surface area contributed by atoms with E-state index in [4.69, 9.17) is 4.74 Å². The quantitative estimate of drug-likeness (QED) is 0.464. The van der Waals surface area contributed by atoms with Crippen molar-refractivity contribution < 1.29 is 4.74 Å². The minimum atomic E-state index is -0.0879. The number of anilines is 1. The number of methoxy groups -OCH3 is 1. The van der Waals surface area contributed by atoms with Crippen LogP contribution in [0.4, 0.5) is 5.69 Å². The van der Waals surface area contributed by atoms with Crippen molar-refractivity contribution in [2.75, 3.05) is 19.0 Å². The van der Waals surface area contributed by atoms with Crippen molar-refractivity contribution in [1.82, 2.24) is 14.5 Å². The molecule has 0 spiro atoms. The van der Waals surface area contributed by atoms with Gasteiger partial charge >= 0.3 is 0 Å². The molecule has 0 radical (unpaired) electrons. The molecule has 0 bridgehead atoms. The average Bonchev–Trinajstić information content (AvgIpc) is 3.12. The van der Waals surface area contributed by atoms with Gasteiger partial charge in [0.2, 0.25) is 0 Å². The molecule has 0 aliphatic carbocycles. The molecule has 0 aliphatic rings. The molecular formula is C21H22N4O2S. The molecule has 0 atom stereocenters. The molecule has 1 aromatic carbocycles. The summed E-state index contributed by atoms with van der Waals surface area (Å²) in [5.41, 5.74) is 2.36. The molecular weight excluding hydrogens is 372 g/mol. The summed E-state index contributed by atoms with van der Waals surface area (Å²) in [5, 5.41) is 4.41. The molecule has 3 heterocycles. The lowest BCUT2D eigenvalue weighted by Crippen LogP contribution is -2.17. The van der Waals surface area contributed by atoms with E-state index in [1.807, 2.05) is 30.3 Å². The SMILES string of the molecule is CCCCCNc1ccnc2sc3c(=O)n(-c4ccc(OC)cc4)cnc3c12. The number of benzene rings is 1.